The van der Waals surface area contributed by atoms with Crippen LogP contribution in [0.15, 0.2) is 23.6 Å². The van der Waals surface area contributed by atoms with Crippen molar-refractivity contribution in [2.24, 2.45) is 5.73 Å². The van der Waals surface area contributed by atoms with E-state index in [-0.39, 0.29) is 12.2 Å². The quantitative estimate of drug-likeness (QED) is 0.787. The molecular weight excluding hydrogens is 288 g/mol. The van der Waals surface area contributed by atoms with Crippen molar-refractivity contribution in [3.63, 3.8) is 0 Å². The van der Waals surface area contributed by atoms with Gasteiger partial charge in [0.25, 0.3) is 0 Å². The van der Waals surface area contributed by atoms with Gasteiger partial charge in [-0.05, 0) is 17.7 Å². The molecule has 20 heavy (non-hydrogen) atoms. The fourth-order valence-corrected chi connectivity index (χ4v) is 2.21. The van der Waals surface area contributed by atoms with Gasteiger partial charge in [-0.25, -0.2) is 13.8 Å². The lowest BCUT2D eigenvalue weighted by atomic mass is 10.2. The van der Waals surface area contributed by atoms with E-state index in [9.17, 15) is 13.6 Å². The number of hydrogen-bond donors (Lipinski definition) is 3. The number of carboxylic acid groups (broad SMARTS) is 1. The molecule has 0 bridgehead atoms. The normalized spacial score (nSPS) is 12.2. The Labute approximate surface area is 117 Å². The summed E-state index contributed by atoms with van der Waals surface area (Å²) in [4.78, 5) is 14.7. The minimum absolute atomic E-state index is 0.243. The average molecular weight is 299 g/mol. The Kier molecular flexibility index (Phi) is 4.26. The molecule has 8 heteroatoms. The molecule has 1 aromatic heterocycles. The molecule has 0 saturated carbocycles. The molecule has 0 aliphatic carbocycles. The van der Waals surface area contributed by atoms with Gasteiger partial charge in [0.1, 0.15) is 6.04 Å². The number of carboxylic acids is 1. The van der Waals surface area contributed by atoms with Crippen molar-refractivity contribution in [3.05, 3.63) is 46.5 Å². The maximum Gasteiger partial charge on any atom is 0.326 e. The zero-order valence-corrected chi connectivity index (χ0v) is 11.0. The molecule has 1 aromatic carbocycles. The van der Waals surface area contributed by atoms with Gasteiger partial charge in [0, 0.05) is 11.9 Å². The summed E-state index contributed by atoms with van der Waals surface area (Å²) in [5.74, 6) is -2.99. The van der Waals surface area contributed by atoms with Gasteiger partial charge in [-0.1, -0.05) is 6.07 Å². The number of nitrogens with one attached hydrogen (secondary N) is 1. The largest absolute Gasteiger partial charge is 0.480 e. The summed E-state index contributed by atoms with van der Waals surface area (Å²) in [6.45, 7) is 0.243. The standard InChI is InChI=1S/C12H11F2N3O2S/c13-7-2-1-6(3-8(7)14)4-16-12-17-9(5-20-12)10(15)11(18)19/h1-3,5,10H,4,15H2,(H,16,17)(H,18,19). The van der Waals surface area contributed by atoms with Crippen LogP contribution < -0.4 is 11.1 Å². The third-order valence-corrected chi connectivity index (χ3v) is 3.35. The number of nitrogens with two attached hydrogens (primary N) is 1. The number of aliphatic carboxylic acids is 1. The number of halogens is 2. The van der Waals surface area contributed by atoms with Crippen molar-refractivity contribution in [3.8, 4) is 0 Å². The van der Waals surface area contributed by atoms with E-state index in [4.69, 9.17) is 10.8 Å². The third kappa shape index (κ3) is 3.28. The number of aromatic nitrogens is 1. The number of thiazole rings is 1. The number of hydrogen-bond acceptors (Lipinski definition) is 5. The highest BCUT2D eigenvalue weighted by Crippen LogP contribution is 2.20. The smallest absolute Gasteiger partial charge is 0.326 e. The highest BCUT2D eigenvalue weighted by molar-refractivity contribution is 7.13. The average Bonchev–Trinajstić information content (AvgIpc) is 2.88. The summed E-state index contributed by atoms with van der Waals surface area (Å²) in [5, 5.41) is 13.6. The summed E-state index contributed by atoms with van der Waals surface area (Å²) in [6.07, 6.45) is 0. The molecule has 0 aliphatic rings. The summed E-state index contributed by atoms with van der Waals surface area (Å²) in [7, 11) is 0. The Morgan fingerprint density at radius 1 is 1.45 bits per heavy atom. The number of nitrogens with zero attached hydrogens (tertiary/aromatic N) is 1. The van der Waals surface area contributed by atoms with E-state index >= 15 is 0 Å². The maximum atomic E-state index is 13.0. The van der Waals surface area contributed by atoms with Crippen LogP contribution in [0.3, 0.4) is 0 Å². The zero-order valence-electron chi connectivity index (χ0n) is 10.1. The lowest BCUT2D eigenvalue weighted by Crippen LogP contribution is -2.20. The molecule has 106 valence electrons. The number of carbonyl (C=O) groups is 1. The Morgan fingerprint density at radius 2 is 2.20 bits per heavy atom. The fraction of sp³-hybridized carbons (Fsp3) is 0.167. The highest BCUT2D eigenvalue weighted by Gasteiger charge is 2.17. The molecule has 0 amide bonds. The molecule has 2 rings (SSSR count). The maximum absolute atomic E-state index is 13.0. The molecule has 0 fully saturated rings. The molecule has 0 radical (unpaired) electrons. The van der Waals surface area contributed by atoms with Gasteiger partial charge in [0.2, 0.25) is 0 Å². The van der Waals surface area contributed by atoms with Crippen molar-refractivity contribution in [2.75, 3.05) is 5.32 Å². The van der Waals surface area contributed by atoms with Crippen molar-refractivity contribution >= 4 is 22.4 Å². The van der Waals surface area contributed by atoms with Crippen LogP contribution in [0.1, 0.15) is 17.3 Å². The monoisotopic (exact) mass is 299 g/mol. The first-order chi connectivity index (χ1) is 9.47. The van der Waals surface area contributed by atoms with Crippen LogP contribution in [-0.4, -0.2) is 16.1 Å². The summed E-state index contributed by atoms with van der Waals surface area (Å²) < 4.78 is 25.8. The van der Waals surface area contributed by atoms with Gasteiger partial charge in [0.05, 0.1) is 5.69 Å². The molecule has 1 unspecified atom stereocenters. The minimum atomic E-state index is -1.18. The van der Waals surface area contributed by atoms with Crippen LogP contribution >= 0.6 is 11.3 Å². The van der Waals surface area contributed by atoms with Crippen LogP contribution in [0.25, 0.3) is 0 Å². The highest BCUT2D eigenvalue weighted by atomic mass is 32.1. The molecule has 1 heterocycles. The molecule has 4 N–H and O–H groups in total. The topological polar surface area (TPSA) is 88.2 Å². The number of anilines is 1. The lowest BCUT2D eigenvalue weighted by Gasteiger charge is -2.04. The molecule has 0 spiro atoms. The summed E-state index contributed by atoms with van der Waals surface area (Å²) in [6, 6.07) is 2.40. The lowest BCUT2D eigenvalue weighted by molar-refractivity contribution is -0.138. The summed E-state index contributed by atoms with van der Waals surface area (Å²) in [5.41, 5.74) is 6.21. The second-order valence-electron chi connectivity index (χ2n) is 4.00. The zero-order chi connectivity index (χ0) is 14.7. The molecule has 0 aliphatic heterocycles. The third-order valence-electron chi connectivity index (χ3n) is 2.53. The van der Waals surface area contributed by atoms with Crippen molar-refractivity contribution in [1.29, 1.82) is 0 Å². The van der Waals surface area contributed by atoms with Crippen LogP contribution in [0.2, 0.25) is 0 Å². The first-order valence-corrected chi connectivity index (χ1v) is 6.47. The number of rotatable bonds is 5. The predicted octanol–water partition coefficient (Wildman–Crippen LogP) is 2.12. The first-order valence-electron chi connectivity index (χ1n) is 5.59. The van der Waals surface area contributed by atoms with E-state index in [0.717, 1.165) is 12.1 Å². The molecule has 2 aromatic rings. The van der Waals surface area contributed by atoms with E-state index < -0.39 is 23.6 Å². The number of benzene rings is 1. The van der Waals surface area contributed by atoms with E-state index in [2.05, 4.69) is 10.3 Å². The van der Waals surface area contributed by atoms with Crippen LogP contribution in [-0.2, 0) is 11.3 Å². The van der Waals surface area contributed by atoms with Crippen LogP contribution in [0, 0.1) is 11.6 Å². The first kappa shape index (κ1) is 14.4. The molecule has 0 saturated heterocycles. The van der Waals surface area contributed by atoms with E-state index in [0.29, 0.717) is 10.7 Å². The van der Waals surface area contributed by atoms with Crippen LogP contribution in [0.5, 0.6) is 0 Å². The van der Waals surface area contributed by atoms with E-state index in [1.54, 1.807) is 0 Å². The van der Waals surface area contributed by atoms with Gasteiger partial charge in [-0.15, -0.1) is 11.3 Å². The SMILES string of the molecule is NC(C(=O)O)c1csc(NCc2ccc(F)c(F)c2)n1. The van der Waals surface area contributed by atoms with Gasteiger partial charge >= 0.3 is 5.97 Å². The van der Waals surface area contributed by atoms with Crippen LogP contribution in [0.4, 0.5) is 13.9 Å². The Morgan fingerprint density at radius 3 is 2.85 bits per heavy atom. The predicted molar refractivity (Wildman–Crippen MR) is 70.4 cm³/mol. The minimum Gasteiger partial charge on any atom is -0.480 e. The summed E-state index contributed by atoms with van der Waals surface area (Å²) >= 11 is 1.19. The van der Waals surface area contributed by atoms with E-state index in [1.807, 2.05) is 0 Å². The Hall–Kier alpha value is -2.06. The second-order valence-corrected chi connectivity index (χ2v) is 4.85. The van der Waals surface area contributed by atoms with Crippen molar-refractivity contribution in [1.82, 2.24) is 4.98 Å². The Balaban J connectivity index is 2.00. The van der Waals surface area contributed by atoms with Gasteiger partial charge in [-0.3, -0.25) is 4.79 Å². The van der Waals surface area contributed by atoms with Crippen molar-refractivity contribution < 1.29 is 18.7 Å². The van der Waals surface area contributed by atoms with Crippen molar-refractivity contribution in [2.45, 2.75) is 12.6 Å². The Bertz CT molecular complexity index is 633. The molecule has 5 nitrogen and oxygen atoms in total. The molecular formula is C12H11F2N3O2S. The van der Waals surface area contributed by atoms with E-state index in [1.165, 1.54) is 22.8 Å². The van der Waals surface area contributed by atoms with Gasteiger partial charge in [0.15, 0.2) is 16.8 Å². The second kappa shape index (κ2) is 5.93. The van der Waals surface area contributed by atoms with Gasteiger partial charge < -0.3 is 16.2 Å². The fourth-order valence-electron chi connectivity index (χ4n) is 1.46. The molecule has 1 atom stereocenters. The van der Waals surface area contributed by atoms with Gasteiger partial charge in [-0.2, -0.15) is 0 Å².